The number of benzene rings is 2. The molecule has 1 aliphatic heterocycles. The first-order valence-electron chi connectivity index (χ1n) is 11.7. The lowest BCUT2D eigenvalue weighted by molar-refractivity contribution is -0.116. The molecule has 2 aliphatic rings. The van der Waals surface area contributed by atoms with Crippen LogP contribution in [0.25, 0.3) is 0 Å². The van der Waals surface area contributed by atoms with Gasteiger partial charge < -0.3 is 4.74 Å². The van der Waals surface area contributed by atoms with Crippen molar-refractivity contribution in [3.63, 3.8) is 0 Å². The minimum Gasteiger partial charge on any atom is -0.446 e. The zero-order chi connectivity index (χ0) is 22.7. The number of ether oxygens (including phenoxy) is 1. The highest BCUT2D eigenvalue weighted by Crippen LogP contribution is 2.44. The molecule has 2 aromatic carbocycles. The third-order valence-electron chi connectivity index (χ3n) is 7.30. The normalized spacial score (nSPS) is 26.1. The summed E-state index contributed by atoms with van der Waals surface area (Å²) in [6, 6.07) is 19.9. The maximum absolute atomic E-state index is 13.4. The lowest BCUT2D eigenvalue weighted by Gasteiger charge is -2.44. The van der Waals surface area contributed by atoms with E-state index in [0.29, 0.717) is 5.92 Å². The van der Waals surface area contributed by atoms with Gasteiger partial charge in [-0.15, -0.1) is 0 Å². The number of hydrogen-bond donors (Lipinski definition) is 0. The van der Waals surface area contributed by atoms with E-state index in [9.17, 15) is 9.59 Å². The van der Waals surface area contributed by atoms with Crippen LogP contribution in [0.3, 0.4) is 0 Å². The number of carbonyl (C=O) groups is 2. The average molecular weight is 432 g/mol. The van der Waals surface area contributed by atoms with E-state index in [1.54, 1.807) is 11.1 Å². The second-order valence-electron chi connectivity index (χ2n) is 9.85. The molecule has 4 heteroatoms. The van der Waals surface area contributed by atoms with Crippen molar-refractivity contribution >= 4 is 11.9 Å². The van der Waals surface area contributed by atoms with E-state index < -0.39 is 0 Å². The van der Waals surface area contributed by atoms with Crippen LogP contribution in [0.1, 0.15) is 63.6 Å². The second-order valence-corrected chi connectivity index (χ2v) is 9.85. The van der Waals surface area contributed by atoms with Crippen molar-refractivity contribution in [2.45, 2.75) is 64.0 Å². The Kier molecular flexibility index (Phi) is 6.50. The molecule has 0 aromatic heterocycles. The van der Waals surface area contributed by atoms with Gasteiger partial charge in [0.1, 0.15) is 6.10 Å². The van der Waals surface area contributed by atoms with Crippen molar-refractivity contribution < 1.29 is 14.3 Å². The van der Waals surface area contributed by atoms with Crippen molar-refractivity contribution in [1.29, 1.82) is 0 Å². The van der Waals surface area contributed by atoms with Gasteiger partial charge in [0.15, 0.2) is 5.78 Å². The lowest BCUT2D eigenvalue weighted by atomic mass is 9.64. The zero-order valence-electron chi connectivity index (χ0n) is 19.2. The number of carbonyl (C=O) groups excluding carboxylic acids is 2. The van der Waals surface area contributed by atoms with Crippen molar-refractivity contribution in [3.8, 4) is 0 Å². The maximum atomic E-state index is 13.4. The second kappa shape index (κ2) is 9.32. The predicted octanol–water partition coefficient (Wildman–Crippen LogP) is 6.44. The highest BCUT2D eigenvalue weighted by atomic mass is 16.6. The molecule has 168 valence electrons. The molecule has 2 aromatic rings. The van der Waals surface area contributed by atoms with Crippen molar-refractivity contribution in [3.05, 3.63) is 84.1 Å². The van der Waals surface area contributed by atoms with E-state index >= 15 is 0 Å². The van der Waals surface area contributed by atoms with Crippen LogP contribution in [-0.2, 0) is 14.9 Å². The Hall–Kier alpha value is -2.88. The monoisotopic (exact) mass is 431 g/mol. The smallest absolute Gasteiger partial charge is 0.414 e. The zero-order valence-corrected chi connectivity index (χ0v) is 19.2. The summed E-state index contributed by atoms with van der Waals surface area (Å²) in [5.74, 6) is 0.770. The van der Waals surface area contributed by atoms with E-state index in [4.69, 9.17) is 4.74 Å². The van der Waals surface area contributed by atoms with Crippen LogP contribution in [0.5, 0.6) is 0 Å². The van der Waals surface area contributed by atoms with Gasteiger partial charge in [-0.3, -0.25) is 9.69 Å². The van der Waals surface area contributed by atoms with Crippen LogP contribution in [0.2, 0.25) is 0 Å². The number of amides is 1. The molecule has 0 spiro atoms. The molecular weight excluding hydrogens is 398 g/mol. The Morgan fingerprint density at radius 2 is 1.66 bits per heavy atom. The van der Waals surface area contributed by atoms with Gasteiger partial charge in [0.25, 0.3) is 0 Å². The Morgan fingerprint density at radius 3 is 2.34 bits per heavy atom. The highest BCUT2D eigenvalue weighted by Gasteiger charge is 2.43. The minimum absolute atomic E-state index is 0.0253. The third-order valence-corrected chi connectivity index (χ3v) is 7.30. The molecule has 0 N–H and O–H groups in total. The van der Waals surface area contributed by atoms with Gasteiger partial charge in [0.2, 0.25) is 0 Å². The molecule has 1 amide bonds. The molecule has 0 saturated heterocycles. The molecule has 1 aliphatic carbocycles. The Morgan fingerprint density at radius 1 is 1.00 bits per heavy atom. The summed E-state index contributed by atoms with van der Waals surface area (Å²) in [7, 11) is 0. The van der Waals surface area contributed by atoms with Gasteiger partial charge in [0.05, 0.1) is 6.04 Å². The van der Waals surface area contributed by atoms with Crippen molar-refractivity contribution in [2.24, 2.45) is 11.8 Å². The molecular formula is C28H33NO3. The summed E-state index contributed by atoms with van der Waals surface area (Å²) < 4.78 is 6.23. The summed E-state index contributed by atoms with van der Waals surface area (Å²) in [5, 5.41) is 0. The van der Waals surface area contributed by atoms with Crippen LogP contribution >= 0.6 is 0 Å². The Labute approximate surface area is 191 Å². The first-order chi connectivity index (χ1) is 15.4. The van der Waals surface area contributed by atoms with Crippen LogP contribution < -0.4 is 0 Å². The predicted molar refractivity (Wildman–Crippen MR) is 126 cm³/mol. The fraction of sp³-hybridized carbons (Fsp3) is 0.429. The standard InChI is InChI=1S/C28H33NO3/c1-20-14-15-24(28(2,3)22-12-8-5-9-13-22)26(18-20)32-27(31)29-17-16-23(30)19-25(29)21-10-6-4-7-11-21/h4-13,16-17,20,24-26H,14-15,18-19H2,1-3H3/t20-,24-,25+,26-/m1/s1. The van der Waals surface area contributed by atoms with Crippen LogP contribution in [-0.4, -0.2) is 22.9 Å². The van der Waals surface area contributed by atoms with Crippen molar-refractivity contribution in [2.75, 3.05) is 0 Å². The molecule has 1 heterocycles. The summed E-state index contributed by atoms with van der Waals surface area (Å²) in [6.07, 6.45) is 5.84. The molecule has 1 saturated carbocycles. The van der Waals surface area contributed by atoms with Gasteiger partial charge in [-0.05, 0) is 41.4 Å². The summed E-state index contributed by atoms with van der Waals surface area (Å²) >= 11 is 0. The van der Waals surface area contributed by atoms with Crippen LogP contribution in [0.4, 0.5) is 4.79 Å². The lowest BCUT2D eigenvalue weighted by Crippen LogP contribution is -2.45. The molecule has 1 fully saturated rings. The Bertz CT molecular complexity index is 967. The highest BCUT2D eigenvalue weighted by molar-refractivity contribution is 5.92. The van der Waals surface area contributed by atoms with Gasteiger partial charge in [-0.25, -0.2) is 4.79 Å². The first-order valence-corrected chi connectivity index (χ1v) is 11.7. The minimum atomic E-state index is -0.365. The van der Waals surface area contributed by atoms with Gasteiger partial charge in [-0.2, -0.15) is 0 Å². The maximum Gasteiger partial charge on any atom is 0.414 e. The molecule has 4 rings (SSSR count). The van der Waals surface area contributed by atoms with Crippen LogP contribution in [0.15, 0.2) is 72.9 Å². The molecule has 4 nitrogen and oxygen atoms in total. The average Bonchev–Trinajstić information content (AvgIpc) is 2.80. The van der Waals surface area contributed by atoms with E-state index in [-0.39, 0.29) is 41.8 Å². The summed E-state index contributed by atoms with van der Waals surface area (Å²) in [5.41, 5.74) is 2.10. The molecule has 32 heavy (non-hydrogen) atoms. The fourth-order valence-electron chi connectivity index (χ4n) is 5.32. The summed E-state index contributed by atoms with van der Waals surface area (Å²) in [4.78, 5) is 27.1. The topological polar surface area (TPSA) is 46.6 Å². The molecule has 0 unspecified atom stereocenters. The number of nitrogens with zero attached hydrogens (tertiary/aromatic N) is 1. The first kappa shape index (κ1) is 22.3. The largest absolute Gasteiger partial charge is 0.446 e. The number of hydrogen-bond acceptors (Lipinski definition) is 3. The molecule has 0 radical (unpaired) electrons. The van der Waals surface area contributed by atoms with E-state index in [1.807, 2.05) is 36.4 Å². The van der Waals surface area contributed by atoms with E-state index in [1.165, 1.54) is 11.6 Å². The van der Waals surface area contributed by atoms with Gasteiger partial charge in [0, 0.05) is 18.5 Å². The van der Waals surface area contributed by atoms with E-state index in [0.717, 1.165) is 24.8 Å². The van der Waals surface area contributed by atoms with E-state index in [2.05, 4.69) is 45.0 Å². The molecule has 0 bridgehead atoms. The van der Waals surface area contributed by atoms with Gasteiger partial charge in [-0.1, -0.05) is 87.9 Å². The number of allylic oxidation sites excluding steroid dienone is 1. The van der Waals surface area contributed by atoms with Gasteiger partial charge >= 0.3 is 6.09 Å². The van der Waals surface area contributed by atoms with Crippen LogP contribution in [0, 0.1) is 11.8 Å². The Balaban J connectivity index is 1.58. The quantitative estimate of drug-likeness (QED) is 0.560. The number of rotatable bonds is 4. The van der Waals surface area contributed by atoms with Crippen molar-refractivity contribution in [1.82, 2.24) is 4.90 Å². The fourth-order valence-corrected chi connectivity index (χ4v) is 5.32. The number of ketones is 1. The third kappa shape index (κ3) is 4.64. The SMILES string of the molecule is C[C@@H]1CC[C@@H](C(C)(C)c2ccccc2)[C@H](OC(=O)N2C=CC(=O)C[C@H]2c2ccccc2)C1. The summed E-state index contributed by atoms with van der Waals surface area (Å²) in [6.45, 7) is 6.75. The molecule has 4 atom stereocenters.